The Labute approximate surface area is 277 Å². The first-order valence-electron chi connectivity index (χ1n) is 15.5. The molecule has 240 valence electrons. The number of carbonyl (C=O) groups is 4. The van der Waals surface area contributed by atoms with Crippen molar-refractivity contribution in [2.24, 2.45) is 0 Å². The Morgan fingerprint density at radius 2 is 1.52 bits per heavy atom. The second-order valence-corrected chi connectivity index (χ2v) is 11.5. The molecule has 1 aromatic heterocycles. The van der Waals surface area contributed by atoms with Gasteiger partial charge in [0.2, 0.25) is 5.91 Å². The van der Waals surface area contributed by atoms with Crippen LogP contribution in [0.15, 0.2) is 97.1 Å². The van der Waals surface area contributed by atoms with E-state index in [4.69, 9.17) is 5.10 Å². The maximum absolute atomic E-state index is 14.5. The number of anilines is 2. The molecule has 3 amide bonds. The lowest BCUT2D eigenvalue weighted by Crippen LogP contribution is -2.55. The van der Waals surface area contributed by atoms with Crippen LogP contribution in [0, 0.1) is 11.3 Å². The van der Waals surface area contributed by atoms with E-state index in [9.17, 15) is 24.4 Å². The van der Waals surface area contributed by atoms with Gasteiger partial charge in [0.05, 0.1) is 53.0 Å². The third-order valence-corrected chi connectivity index (χ3v) is 8.54. The Morgan fingerprint density at radius 3 is 2.21 bits per heavy atom. The number of hydrogen-bond acceptors (Lipinski definition) is 7. The summed E-state index contributed by atoms with van der Waals surface area (Å²) in [5.41, 5.74) is 4.10. The lowest BCUT2D eigenvalue weighted by molar-refractivity contribution is -0.128. The first kappa shape index (κ1) is 31.8. The van der Waals surface area contributed by atoms with E-state index in [1.807, 2.05) is 36.4 Å². The van der Waals surface area contributed by atoms with Crippen LogP contribution in [0.4, 0.5) is 11.4 Å². The normalized spacial score (nSPS) is 15.0. The maximum atomic E-state index is 14.5. The number of fused-ring (bicyclic) bond motifs is 2. The van der Waals surface area contributed by atoms with Gasteiger partial charge in [0.25, 0.3) is 11.8 Å². The highest BCUT2D eigenvalue weighted by Gasteiger charge is 2.38. The fourth-order valence-electron chi connectivity index (χ4n) is 5.81. The third kappa shape index (κ3) is 5.92. The maximum Gasteiger partial charge on any atom is 0.258 e. The van der Waals surface area contributed by atoms with Gasteiger partial charge in [-0.05, 0) is 63.4 Å². The smallest absolute Gasteiger partial charge is 0.258 e. The molecule has 1 aliphatic heterocycles. The molecule has 0 spiro atoms. The van der Waals surface area contributed by atoms with Crippen LogP contribution in [-0.4, -0.2) is 59.0 Å². The molecule has 0 saturated heterocycles. The van der Waals surface area contributed by atoms with Gasteiger partial charge in [-0.1, -0.05) is 54.6 Å². The summed E-state index contributed by atoms with van der Waals surface area (Å²) >= 11 is 0. The number of aromatic nitrogens is 2. The van der Waals surface area contributed by atoms with Crippen molar-refractivity contribution in [2.45, 2.75) is 32.5 Å². The van der Waals surface area contributed by atoms with Crippen LogP contribution in [0.5, 0.6) is 0 Å². The molecule has 0 fully saturated rings. The van der Waals surface area contributed by atoms with Crippen molar-refractivity contribution < 1.29 is 19.2 Å². The number of nitrogens with one attached hydrogen (secondary N) is 2. The lowest BCUT2D eigenvalue weighted by atomic mass is 10.1. The number of amides is 3. The molecule has 0 radical (unpaired) electrons. The van der Waals surface area contributed by atoms with Crippen molar-refractivity contribution in [1.82, 2.24) is 20.4 Å². The number of ketones is 1. The predicted molar refractivity (Wildman–Crippen MR) is 182 cm³/mol. The van der Waals surface area contributed by atoms with Gasteiger partial charge in [-0.15, -0.1) is 0 Å². The van der Waals surface area contributed by atoms with Crippen LogP contribution in [-0.2, 0) is 16.1 Å². The second kappa shape index (κ2) is 13.3. The minimum atomic E-state index is -1.10. The van der Waals surface area contributed by atoms with Gasteiger partial charge in [-0.3, -0.25) is 19.2 Å². The van der Waals surface area contributed by atoms with Crippen LogP contribution in [0.25, 0.3) is 16.6 Å². The molecule has 2 heterocycles. The van der Waals surface area contributed by atoms with E-state index in [-0.39, 0.29) is 18.9 Å². The van der Waals surface area contributed by atoms with Gasteiger partial charge >= 0.3 is 0 Å². The van der Waals surface area contributed by atoms with Crippen LogP contribution in [0.1, 0.15) is 45.8 Å². The number of rotatable bonds is 8. The molecule has 0 aliphatic carbocycles. The Balaban J connectivity index is 1.47. The molecule has 11 heteroatoms. The van der Waals surface area contributed by atoms with E-state index in [1.165, 1.54) is 11.8 Å². The summed E-state index contributed by atoms with van der Waals surface area (Å²) in [6.45, 7) is 3.02. The summed E-state index contributed by atoms with van der Waals surface area (Å²) in [5, 5.41) is 21.3. The number of hydrogen-bond donors (Lipinski definition) is 2. The van der Waals surface area contributed by atoms with Crippen molar-refractivity contribution in [1.29, 1.82) is 5.26 Å². The van der Waals surface area contributed by atoms with E-state index < -0.39 is 29.8 Å². The van der Waals surface area contributed by atoms with E-state index in [0.29, 0.717) is 39.4 Å². The summed E-state index contributed by atoms with van der Waals surface area (Å²) in [6, 6.07) is 28.7. The van der Waals surface area contributed by atoms with Crippen molar-refractivity contribution in [3.8, 4) is 11.8 Å². The number of nitrogens with zero attached hydrogens (tertiary/aromatic N) is 5. The SMILES string of the molecule is CN[C@@H](C)C(=O)N[C@H]1CN(C(=O)c2ccc(C(C)=O)cc2)c2ccccc2N(Cc2nn(-c3ccccc3C#N)c3ccccc23)C1=O. The molecule has 6 rings (SSSR count). The quantitative estimate of drug-likeness (QED) is 0.240. The lowest BCUT2D eigenvalue weighted by Gasteiger charge is -2.26. The first-order chi connectivity index (χ1) is 23.2. The van der Waals surface area contributed by atoms with Crippen molar-refractivity contribution in [3.63, 3.8) is 0 Å². The van der Waals surface area contributed by atoms with Gasteiger partial charge in [-0.25, -0.2) is 4.68 Å². The summed E-state index contributed by atoms with van der Waals surface area (Å²) in [7, 11) is 1.65. The van der Waals surface area contributed by atoms with E-state index in [0.717, 1.165) is 10.9 Å². The van der Waals surface area contributed by atoms with Gasteiger partial charge in [0, 0.05) is 16.5 Å². The highest BCUT2D eigenvalue weighted by molar-refractivity contribution is 6.13. The standard InChI is InChI=1S/C37H33N7O4/c1-23(39-3)35(46)40-30-22-42(36(47)26-18-16-25(17-19-26)24(2)45)33-14-8-9-15-34(33)43(37(30)48)21-29-28-11-5-7-13-32(28)44(41-29)31-12-6-4-10-27(31)20-38/h4-19,23,30,39H,21-22H2,1-3H3,(H,40,46)/t23-,30-/m0/s1. The molecule has 1 aliphatic rings. The highest BCUT2D eigenvalue weighted by Crippen LogP contribution is 2.36. The summed E-state index contributed by atoms with van der Waals surface area (Å²) in [6.07, 6.45) is 0. The number of likely N-dealkylation sites (N-methyl/N-ethyl adjacent to an activating group) is 1. The molecule has 2 N–H and O–H groups in total. The van der Waals surface area contributed by atoms with Crippen LogP contribution < -0.4 is 20.4 Å². The van der Waals surface area contributed by atoms with E-state index >= 15 is 0 Å². The zero-order valence-electron chi connectivity index (χ0n) is 26.7. The van der Waals surface area contributed by atoms with Crippen molar-refractivity contribution in [2.75, 3.05) is 23.4 Å². The highest BCUT2D eigenvalue weighted by atomic mass is 16.2. The Kier molecular flexibility index (Phi) is 8.83. The minimum Gasteiger partial charge on any atom is -0.341 e. The topological polar surface area (TPSA) is 140 Å². The fourth-order valence-corrected chi connectivity index (χ4v) is 5.81. The fraction of sp³-hybridized carbons (Fsp3) is 0.189. The van der Waals surface area contributed by atoms with Crippen molar-refractivity contribution >= 4 is 45.8 Å². The van der Waals surface area contributed by atoms with E-state index in [1.54, 1.807) is 84.2 Å². The largest absolute Gasteiger partial charge is 0.341 e. The molecule has 0 saturated carbocycles. The summed E-state index contributed by atoms with van der Waals surface area (Å²) < 4.78 is 1.70. The average molecular weight is 640 g/mol. The monoisotopic (exact) mass is 639 g/mol. The number of nitriles is 1. The molecule has 5 aromatic rings. The zero-order chi connectivity index (χ0) is 33.9. The van der Waals surface area contributed by atoms with E-state index in [2.05, 4.69) is 16.7 Å². The molecule has 48 heavy (non-hydrogen) atoms. The van der Waals surface area contributed by atoms with Gasteiger partial charge in [0.15, 0.2) is 5.78 Å². The third-order valence-electron chi connectivity index (χ3n) is 8.54. The van der Waals surface area contributed by atoms with Gasteiger partial charge < -0.3 is 20.4 Å². The number of para-hydroxylation sites is 4. The molecule has 0 bridgehead atoms. The van der Waals surface area contributed by atoms with Crippen LogP contribution >= 0.6 is 0 Å². The Hall–Kier alpha value is -6.12. The predicted octanol–water partition coefficient (Wildman–Crippen LogP) is 4.39. The Bertz CT molecular complexity index is 2100. The van der Waals surface area contributed by atoms with Gasteiger partial charge in [-0.2, -0.15) is 10.4 Å². The second-order valence-electron chi connectivity index (χ2n) is 11.5. The minimum absolute atomic E-state index is 0.0152. The van der Waals surface area contributed by atoms with Crippen LogP contribution in [0.3, 0.4) is 0 Å². The average Bonchev–Trinajstić information content (AvgIpc) is 3.44. The molecule has 11 nitrogen and oxygen atoms in total. The summed E-state index contributed by atoms with van der Waals surface area (Å²) in [4.78, 5) is 56.7. The van der Waals surface area contributed by atoms with Gasteiger partial charge in [0.1, 0.15) is 12.1 Å². The zero-order valence-corrected chi connectivity index (χ0v) is 26.7. The van der Waals surface area contributed by atoms with Crippen molar-refractivity contribution in [3.05, 3.63) is 119 Å². The van der Waals surface area contributed by atoms with Crippen LogP contribution in [0.2, 0.25) is 0 Å². The summed E-state index contributed by atoms with van der Waals surface area (Å²) in [5.74, 6) is -1.33. The molecular formula is C37H33N7O4. The number of benzene rings is 4. The first-order valence-corrected chi connectivity index (χ1v) is 15.5. The number of Topliss-reactive ketones (excluding diaryl/α,β-unsaturated/α-hetero) is 1. The molecular weight excluding hydrogens is 606 g/mol. The Morgan fingerprint density at radius 1 is 0.896 bits per heavy atom. The molecule has 4 aromatic carbocycles. The number of carbonyl (C=O) groups excluding carboxylic acids is 4. The molecule has 0 unspecified atom stereocenters. The molecule has 2 atom stereocenters.